The molecule has 0 saturated carbocycles. The van der Waals surface area contributed by atoms with Crippen LogP contribution in [-0.4, -0.2) is 59.3 Å². The van der Waals surface area contributed by atoms with Gasteiger partial charge < -0.3 is 31.5 Å². The monoisotopic (exact) mass is 306 g/mol. The van der Waals surface area contributed by atoms with Gasteiger partial charge in [0, 0.05) is 0 Å². The molecule has 0 aliphatic carbocycles. The van der Waals surface area contributed by atoms with Gasteiger partial charge in [-0.15, -0.1) is 11.5 Å². The maximum Gasteiger partial charge on any atom is 0.240 e. The van der Waals surface area contributed by atoms with Crippen LogP contribution in [0.2, 0.25) is 0 Å². The van der Waals surface area contributed by atoms with E-state index >= 15 is 0 Å². The van der Waals surface area contributed by atoms with Crippen molar-refractivity contribution in [2.75, 3.05) is 18.1 Å². The summed E-state index contributed by atoms with van der Waals surface area (Å²) in [5, 5.41) is 33.6. The molecule has 116 valence electrons. The highest BCUT2D eigenvalue weighted by atomic mass is 16.6. The second-order valence-electron chi connectivity index (χ2n) is 4.94. The number of hydrogen-bond donors (Lipinski definition) is 5. The summed E-state index contributed by atoms with van der Waals surface area (Å²) < 4.78 is 6.77. The fraction of sp³-hybridized carbons (Fsp3) is 0.417. The first-order chi connectivity index (χ1) is 10.4. The quantitative estimate of drug-likeness (QED) is 0.375. The number of rotatable bonds is 2. The molecule has 0 spiro atoms. The van der Waals surface area contributed by atoms with Crippen LogP contribution in [0.15, 0.2) is 6.20 Å². The summed E-state index contributed by atoms with van der Waals surface area (Å²) in [7, 11) is 0. The van der Waals surface area contributed by atoms with Gasteiger partial charge in [-0.3, -0.25) is 0 Å². The highest BCUT2D eigenvalue weighted by molar-refractivity contribution is 5.60. The third kappa shape index (κ3) is 1.81. The van der Waals surface area contributed by atoms with Crippen molar-refractivity contribution >= 4 is 17.4 Å². The number of imidazole rings is 1. The Morgan fingerprint density at radius 3 is 2.77 bits per heavy atom. The van der Waals surface area contributed by atoms with Gasteiger partial charge in [0.2, 0.25) is 5.95 Å². The molecule has 2 aromatic heterocycles. The van der Waals surface area contributed by atoms with E-state index in [4.69, 9.17) is 22.6 Å². The number of aliphatic hydroxyl groups is 3. The average Bonchev–Trinajstić information content (AvgIpc) is 3.01. The number of ether oxygens (including phenoxy) is 1. The molecular formula is C12H14N6O4. The molecular weight excluding hydrogens is 292 g/mol. The Hall–Kier alpha value is -2.45. The van der Waals surface area contributed by atoms with Gasteiger partial charge in [-0.1, -0.05) is 5.92 Å². The van der Waals surface area contributed by atoms with E-state index < -0.39 is 30.5 Å². The van der Waals surface area contributed by atoms with E-state index in [-0.39, 0.29) is 23.1 Å². The van der Waals surface area contributed by atoms with E-state index in [2.05, 4.69) is 21.0 Å². The summed E-state index contributed by atoms with van der Waals surface area (Å²) >= 11 is 0. The number of nitrogens with two attached hydrogens (primary N) is 2. The third-order valence-corrected chi connectivity index (χ3v) is 3.65. The van der Waals surface area contributed by atoms with E-state index in [1.165, 1.54) is 10.7 Å². The molecule has 1 aliphatic heterocycles. The van der Waals surface area contributed by atoms with Gasteiger partial charge in [-0.25, -0.2) is 9.50 Å². The summed E-state index contributed by atoms with van der Waals surface area (Å²) in [6, 6.07) is 0. The molecule has 7 N–H and O–H groups in total. The van der Waals surface area contributed by atoms with Crippen LogP contribution in [0.5, 0.6) is 0 Å². The predicted octanol–water partition coefficient (Wildman–Crippen LogP) is -2.55. The molecule has 1 saturated heterocycles. The van der Waals surface area contributed by atoms with Gasteiger partial charge in [-0.2, -0.15) is 4.98 Å². The van der Waals surface area contributed by atoms with Crippen molar-refractivity contribution in [3.05, 3.63) is 11.9 Å². The van der Waals surface area contributed by atoms with Crippen molar-refractivity contribution in [3.8, 4) is 12.3 Å². The molecule has 0 radical (unpaired) electrons. The number of aromatic nitrogens is 4. The van der Waals surface area contributed by atoms with Crippen molar-refractivity contribution in [1.82, 2.24) is 19.6 Å². The predicted molar refractivity (Wildman–Crippen MR) is 74.1 cm³/mol. The Morgan fingerprint density at radius 2 is 2.18 bits per heavy atom. The number of hydrogen-bond acceptors (Lipinski definition) is 9. The lowest BCUT2D eigenvalue weighted by Gasteiger charge is -2.23. The molecule has 3 rings (SSSR count). The van der Waals surface area contributed by atoms with Crippen LogP contribution < -0.4 is 11.5 Å². The molecule has 3 heterocycles. The smallest absolute Gasteiger partial charge is 0.240 e. The first-order valence-electron chi connectivity index (χ1n) is 6.32. The summed E-state index contributed by atoms with van der Waals surface area (Å²) in [5.74, 6) is 2.13. The maximum atomic E-state index is 10.2. The zero-order chi connectivity index (χ0) is 16.1. The van der Waals surface area contributed by atoms with Crippen molar-refractivity contribution < 1.29 is 20.1 Å². The van der Waals surface area contributed by atoms with Crippen LogP contribution in [0.25, 0.3) is 5.65 Å². The lowest BCUT2D eigenvalue weighted by molar-refractivity contribution is -0.0732. The van der Waals surface area contributed by atoms with Gasteiger partial charge in [0.15, 0.2) is 17.1 Å². The lowest BCUT2D eigenvalue weighted by atomic mass is 9.96. The van der Waals surface area contributed by atoms with Crippen LogP contribution in [-0.2, 0) is 4.74 Å². The molecule has 1 fully saturated rings. The molecule has 10 heteroatoms. The maximum absolute atomic E-state index is 10.2. The number of fused-ring (bicyclic) bond motifs is 1. The fourth-order valence-electron chi connectivity index (χ4n) is 2.47. The SMILES string of the molecule is C#C[C@]1(CO)O[C@@H](c2cnc3c(N)nc(N)nn23)C(O)[C@H]1O. The summed E-state index contributed by atoms with van der Waals surface area (Å²) in [6.07, 6.45) is 2.73. The number of anilines is 2. The Morgan fingerprint density at radius 1 is 1.45 bits per heavy atom. The van der Waals surface area contributed by atoms with E-state index in [0.717, 1.165) is 0 Å². The summed E-state index contributed by atoms with van der Waals surface area (Å²) in [6.45, 7) is -0.659. The van der Waals surface area contributed by atoms with Gasteiger partial charge in [0.25, 0.3) is 0 Å². The number of terminal acetylenes is 1. The normalized spacial score (nSPS) is 31.5. The molecule has 22 heavy (non-hydrogen) atoms. The van der Waals surface area contributed by atoms with Crippen molar-refractivity contribution in [3.63, 3.8) is 0 Å². The van der Waals surface area contributed by atoms with Crippen LogP contribution in [0.1, 0.15) is 11.8 Å². The number of nitrogen functional groups attached to an aromatic ring is 2. The zero-order valence-corrected chi connectivity index (χ0v) is 11.3. The van der Waals surface area contributed by atoms with Crippen LogP contribution in [0.3, 0.4) is 0 Å². The Balaban J connectivity index is 2.11. The molecule has 0 aromatic carbocycles. The summed E-state index contributed by atoms with van der Waals surface area (Å²) in [5.41, 5.74) is 10.0. The lowest BCUT2D eigenvalue weighted by Crippen LogP contribution is -2.44. The molecule has 2 aromatic rings. The highest BCUT2D eigenvalue weighted by Crippen LogP contribution is 2.39. The fourth-order valence-corrected chi connectivity index (χ4v) is 2.47. The minimum absolute atomic E-state index is 0.0529. The van der Waals surface area contributed by atoms with E-state index in [1.807, 2.05) is 0 Å². The highest BCUT2D eigenvalue weighted by Gasteiger charge is 2.54. The number of aliphatic hydroxyl groups excluding tert-OH is 3. The minimum atomic E-state index is -1.71. The third-order valence-electron chi connectivity index (χ3n) is 3.65. The van der Waals surface area contributed by atoms with Gasteiger partial charge in [-0.05, 0) is 0 Å². The molecule has 1 aliphatic rings. The Labute approximate surface area is 124 Å². The van der Waals surface area contributed by atoms with Crippen molar-refractivity contribution in [1.29, 1.82) is 0 Å². The first kappa shape index (κ1) is 14.5. The topological polar surface area (TPSA) is 165 Å². The minimum Gasteiger partial charge on any atom is -0.392 e. The van der Waals surface area contributed by atoms with Crippen LogP contribution in [0, 0.1) is 12.3 Å². The standard InChI is InChI=1S/C12H14N6O4/c1-2-12(4-19)8(21)6(20)7(22-12)5-3-15-10-9(13)16-11(14)17-18(5)10/h1,3,6-8,19-21H,4H2,(H4,13,14,16,17)/t6?,7-,8+,12+/m0/s1. The molecule has 4 atom stereocenters. The van der Waals surface area contributed by atoms with Gasteiger partial charge in [0.05, 0.1) is 18.5 Å². The van der Waals surface area contributed by atoms with Crippen LogP contribution in [0.4, 0.5) is 11.8 Å². The molecule has 0 amide bonds. The Kier molecular flexibility index (Phi) is 3.15. The Bertz CT molecular complexity index is 771. The molecule has 10 nitrogen and oxygen atoms in total. The summed E-state index contributed by atoms with van der Waals surface area (Å²) in [4.78, 5) is 7.81. The van der Waals surface area contributed by atoms with E-state index in [9.17, 15) is 15.3 Å². The largest absolute Gasteiger partial charge is 0.392 e. The average molecular weight is 306 g/mol. The van der Waals surface area contributed by atoms with Crippen molar-refractivity contribution in [2.45, 2.75) is 23.9 Å². The van der Waals surface area contributed by atoms with E-state index in [0.29, 0.717) is 0 Å². The van der Waals surface area contributed by atoms with Crippen LogP contribution >= 0.6 is 0 Å². The van der Waals surface area contributed by atoms with Crippen molar-refractivity contribution in [2.24, 2.45) is 0 Å². The van der Waals surface area contributed by atoms with Gasteiger partial charge in [0.1, 0.15) is 18.3 Å². The van der Waals surface area contributed by atoms with E-state index in [1.54, 1.807) is 0 Å². The zero-order valence-electron chi connectivity index (χ0n) is 11.3. The first-order valence-corrected chi connectivity index (χ1v) is 6.32. The molecule has 0 bridgehead atoms. The molecule has 1 unspecified atom stereocenters. The second-order valence-corrected chi connectivity index (χ2v) is 4.94. The number of nitrogens with zero attached hydrogens (tertiary/aromatic N) is 4. The van der Waals surface area contributed by atoms with Gasteiger partial charge >= 0.3 is 0 Å². The second kappa shape index (κ2) is 4.79.